The zero-order chi connectivity index (χ0) is 22.4. The van der Waals surface area contributed by atoms with E-state index in [1.54, 1.807) is 23.7 Å². The average Bonchev–Trinajstić information content (AvgIpc) is 3.17. The van der Waals surface area contributed by atoms with Gasteiger partial charge in [0, 0.05) is 17.4 Å². The maximum absolute atomic E-state index is 13.2. The van der Waals surface area contributed by atoms with Crippen LogP contribution in [0, 0.1) is 20.8 Å². The van der Waals surface area contributed by atoms with Crippen LogP contribution in [-0.4, -0.2) is 36.4 Å². The second-order valence-corrected chi connectivity index (χ2v) is 8.73. The Morgan fingerprint density at radius 3 is 2.52 bits per heavy atom. The summed E-state index contributed by atoms with van der Waals surface area (Å²) in [5.41, 5.74) is 2.89. The molecule has 2 aromatic heterocycles. The zero-order valence-corrected chi connectivity index (χ0v) is 19.0. The summed E-state index contributed by atoms with van der Waals surface area (Å²) < 4.78 is 3.36. The molecule has 8 heteroatoms. The molecule has 7 nitrogen and oxygen atoms in total. The van der Waals surface area contributed by atoms with Gasteiger partial charge in [0.2, 0.25) is 0 Å². The highest BCUT2D eigenvalue weighted by Gasteiger charge is 2.37. The molecule has 0 radical (unpaired) electrons. The van der Waals surface area contributed by atoms with Gasteiger partial charge in [0.15, 0.2) is 0 Å². The first-order valence-corrected chi connectivity index (χ1v) is 11.0. The third-order valence-electron chi connectivity index (χ3n) is 5.69. The van der Waals surface area contributed by atoms with Crippen molar-refractivity contribution in [2.24, 2.45) is 0 Å². The molecule has 0 saturated carbocycles. The van der Waals surface area contributed by atoms with Crippen molar-refractivity contribution in [1.82, 2.24) is 19.2 Å². The van der Waals surface area contributed by atoms with E-state index >= 15 is 0 Å². The van der Waals surface area contributed by atoms with Crippen LogP contribution in [0.5, 0.6) is 0 Å². The molecule has 1 unspecified atom stereocenters. The second-order valence-electron chi connectivity index (χ2n) is 7.74. The van der Waals surface area contributed by atoms with E-state index in [9.17, 15) is 14.4 Å². The molecule has 1 aromatic carbocycles. The van der Waals surface area contributed by atoms with Gasteiger partial charge in [-0.2, -0.15) is 4.68 Å². The molecule has 3 heterocycles. The fourth-order valence-corrected chi connectivity index (χ4v) is 4.81. The monoisotopic (exact) mass is 436 g/mol. The number of hydrogen-bond acceptors (Lipinski definition) is 5. The van der Waals surface area contributed by atoms with Gasteiger partial charge in [0.25, 0.3) is 16.7 Å². The molecular weight excluding hydrogens is 412 g/mol. The highest BCUT2D eigenvalue weighted by molar-refractivity contribution is 8.18. The number of carbonyl (C=O) groups is 2. The van der Waals surface area contributed by atoms with Crippen LogP contribution in [0.15, 0.2) is 40.0 Å². The molecule has 1 aliphatic heterocycles. The minimum Gasteiger partial charge on any atom is -0.268 e. The Hall–Kier alpha value is -3.13. The fourth-order valence-electron chi connectivity index (χ4n) is 3.89. The first-order chi connectivity index (χ1) is 14.7. The lowest BCUT2D eigenvalue weighted by molar-refractivity contribution is -0.124. The quantitative estimate of drug-likeness (QED) is 0.571. The molecule has 1 saturated heterocycles. The van der Waals surface area contributed by atoms with Crippen LogP contribution < -0.4 is 5.56 Å². The van der Waals surface area contributed by atoms with Gasteiger partial charge in [0.1, 0.15) is 5.82 Å². The van der Waals surface area contributed by atoms with Gasteiger partial charge < -0.3 is 0 Å². The predicted molar refractivity (Wildman–Crippen MR) is 123 cm³/mol. The fraction of sp³-hybridized carbons (Fsp3) is 0.304. The molecule has 4 rings (SSSR count). The predicted octanol–water partition coefficient (Wildman–Crippen LogP) is 4.27. The van der Waals surface area contributed by atoms with E-state index in [2.05, 4.69) is 4.98 Å². The topological polar surface area (TPSA) is 77.2 Å². The molecule has 0 N–H and O–H groups in total. The van der Waals surface area contributed by atoms with Crippen LogP contribution in [0.3, 0.4) is 0 Å². The normalized spacial score (nSPS) is 16.7. The van der Waals surface area contributed by atoms with Crippen LogP contribution >= 0.6 is 11.8 Å². The number of para-hydroxylation sites is 1. The molecule has 1 aliphatic rings. The number of nitrogens with zero attached hydrogens (tertiary/aromatic N) is 4. The zero-order valence-electron chi connectivity index (χ0n) is 18.2. The summed E-state index contributed by atoms with van der Waals surface area (Å²) in [7, 11) is 0. The van der Waals surface area contributed by atoms with Crippen molar-refractivity contribution in [2.45, 2.75) is 47.1 Å². The average molecular weight is 437 g/mol. The number of rotatable bonds is 4. The molecule has 0 bridgehead atoms. The van der Waals surface area contributed by atoms with Crippen molar-refractivity contribution in [1.29, 1.82) is 0 Å². The number of hydrogen-bond donors (Lipinski definition) is 0. The smallest absolute Gasteiger partial charge is 0.268 e. The van der Waals surface area contributed by atoms with Crippen molar-refractivity contribution in [2.75, 3.05) is 0 Å². The largest absolute Gasteiger partial charge is 0.293 e. The standard InChI is InChI=1S/C23H24N4O3S/c1-6-13(2)25-22(29)20(31-23(25)30)12-17-11-14(3)26(15(17)4)27-16(5)24-19-10-8-7-9-18(19)21(27)28/h7-13H,6H2,1-5H3. The summed E-state index contributed by atoms with van der Waals surface area (Å²) >= 11 is 0.957. The Kier molecular flexibility index (Phi) is 5.35. The number of fused-ring (bicyclic) bond motifs is 1. The Bertz CT molecular complexity index is 1320. The Labute approximate surface area is 184 Å². The molecule has 2 amide bonds. The maximum atomic E-state index is 13.2. The van der Waals surface area contributed by atoms with E-state index in [1.807, 2.05) is 56.6 Å². The number of benzene rings is 1. The van der Waals surface area contributed by atoms with Crippen molar-refractivity contribution < 1.29 is 9.59 Å². The number of aryl methyl sites for hydroxylation is 2. The number of imide groups is 1. The number of carbonyl (C=O) groups excluding carboxylic acids is 2. The lowest BCUT2D eigenvalue weighted by Crippen LogP contribution is -2.36. The first kappa shape index (κ1) is 21.1. The van der Waals surface area contributed by atoms with Gasteiger partial charge >= 0.3 is 0 Å². The Morgan fingerprint density at radius 1 is 1.10 bits per heavy atom. The van der Waals surface area contributed by atoms with Gasteiger partial charge in [-0.15, -0.1) is 0 Å². The van der Waals surface area contributed by atoms with E-state index in [0.717, 1.165) is 28.7 Å². The maximum Gasteiger partial charge on any atom is 0.293 e. The van der Waals surface area contributed by atoms with E-state index in [4.69, 9.17) is 0 Å². The van der Waals surface area contributed by atoms with E-state index in [-0.39, 0.29) is 22.7 Å². The molecule has 1 fully saturated rings. The highest BCUT2D eigenvalue weighted by Crippen LogP contribution is 2.35. The van der Waals surface area contributed by atoms with Gasteiger partial charge in [0.05, 0.1) is 15.8 Å². The van der Waals surface area contributed by atoms with Gasteiger partial charge in [-0.3, -0.25) is 24.0 Å². The van der Waals surface area contributed by atoms with Crippen LogP contribution in [0.2, 0.25) is 0 Å². The minimum atomic E-state index is -0.269. The van der Waals surface area contributed by atoms with Crippen molar-refractivity contribution in [3.05, 3.63) is 68.4 Å². The van der Waals surface area contributed by atoms with E-state index in [1.165, 1.54) is 4.90 Å². The molecule has 0 spiro atoms. The summed E-state index contributed by atoms with van der Waals surface area (Å²) in [6, 6.07) is 9.03. The summed E-state index contributed by atoms with van der Waals surface area (Å²) in [4.78, 5) is 44.7. The second kappa shape index (κ2) is 7.85. The number of thioether (sulfide) groups is 1. The Balaban J connectivity index is 1.83. The molecular formula is C23H24N4O3S. The lowest BCUT2D eigenvalue weighted by atomic mass is 10.2. The van der Waals surface area contributed by atoms with Crippen molar-refractivity contribution >= 4 is 39.9 Å². The lowest BCUT2D eigenvalue weighted by Gasteiger charge is -2.19. The van der Waals surface area contributed by atoms with Crippen LogP contribution in [-0.2, 0) is 4.79 Å². The summed E-state index contributed by atoms with van der Waals surface area (Å²) in [5, 5.41) is 0.294. The van der Waals surface area contributed by atoms with Gasteiger partial charge in [-0.1, -0.05) is 19.1 Å². The Morgan fingerprint density at radius 2 is 1.81 bits per heavy atom. The molecule has 3 aromatic rings. The number of amides is 2. The highest BCUT2D eigenvalue weighted by atomic mass is 32.2. The van der Waals surface area contributed by atoms with Gasteiger partial charge in [-0.25, -0.2) is 4.98 Å². The van der Waals surface area contributed by atoms with Gasteiger partial charge in [-0.05, 0) is 75.7 Å². The number of aromatic nitrogens is 3. The van der Waals surface area contributed by atoms with Crippen molar-refractivity contribution in [3.8, 4) is 0 Å². The van der Waals surface area contributed by atoms with Crippen molar-refractivity contribution in [3.63, 3.8) is 0 Å². The minimum absolute atomic E-state index is 0.143. The van der Waals surface area contributed by atoms with Crippen LogP contribution in [0.4, 0.5) is 4.79 Å². The third-order valence-corrected chi connectivity index (χ3v) is 6.58. The van der Waals surface area contributed by atoms with Crippen LogP contribution in [0.25, 0.3) is 17.0 Å². The molecule has 1 atom stereocenters. The molecule has 31 heavy (non-hydrogen) atoms. The van der Waals surface area contributed by atoms with Crippen LogP contribution in [0.1, 0.15) is 43.0 Å². The van der Waals surface area contributed by atoms with E-state index < -0.39 is 0 Å². The summed E-state index contributed by atoms with van der Waals surface area (Å²) in [6.45, 7) is 9.40. The third kappa shape index (κ3) is 3.40. The van der Waals surface area contributed by atoms with E-state index in [0.29, 0.717) is 28.1 Å². The molecule has 160 valence electrons. The first-order valence-electron chi connectivity index (χ1n) is 10.2. The molecule has 0 aliphatic carbocycles. The summed E-state index contributed by atoms with van der Waals surface area (Å²) in [6.07, 6.45) is 2.44. The SMILES string of the molecule is CCC(C)N1C(=O)SC(=Cc2cc(C)n(-n3c(C)nc4ccccc4c3=O)c2C)C1=O. The summed E-state index contributed by atoms with van der Waals surface area (Å²) in [5.74, 6) is 0.295.